The van der Waals surface area contributed by atoms with Crippen LogP contribution in [-0.2, 0) is 23.1 Å². The number of sulfonamides is 1. The Morgan fingerprint density at radius 2 is 2.05 bits per heavy atom. The number of rotatable bonds is 6. The van der Waals surface area contributed by atoms with Gasteiger partial charge in [0.2, 0.25) is 10.0 Å². The molecule has 21 heavy (non-hydrogen) atoms. The lowest BCUT2D eigenvalue weighted by Gasteiger charge is -2.10. The van der Waals surface area contributed by atoms with Gasteiger partial charge in [-0.05, 0) is 31.2 Å². The highest BCUT2D eigenvalue weighted by atomic mass is 32.2. The Morgan fingerprint density at radius 1 is 1.29 bits per heavy atom. The van der Waals surface area contributed by atoms with E-state index in [-0.39, 0.29) is 16.3 Å². The highest BCUT2D eigenvalue weighted by molar-refractivity contribution is 7.89. The molecule has 3 N–H and O–H groups in total. The Labute approximate surface area is 127 Å². The lowest BCUT2D eigenvalue weighted by molar-refractivity contribution is 0.579. The first-order chi connectivity index (χ1) is 9.92. The minimum atomic E-state index is -3.62. The second-order valence-corrected chi connectivity index (χ2v) is 7.21. The van der Waals surface area contributed by atoms with E-state index >= 15 is 0 Å². The summed E-state index contributed by atoms with van der Waals surface area (Å²) in [7, 11) is -1.81. The van der Waals surface area contributed by atoms with Crippen LogP contribution >= 0.6 is 11.3 Å². The fourth-order valence-corrected chi connectivity index (χ4v) is 3.78. The van der Waals surface area contributed by atoms with Crippen molar-refractivity contribution in [2.24, 2.45) is 0 Å². The standard InChI is InChI=1S/C13H17N3O3S2/c1-9-3-4-10(6-14-2)5-12(9)21(18,19)15-7-11-8-20-13(17)16-11/h3-5,8,14-15H,6-7H2,1-2H3,(H,16,17). The van der Waals surface area contributed by atoms with Crippen molar-refractivity contribution in [2.75, 3.05) is 7.05 Å². The molecule has 1 aromatic heterocycles. The summed E-state index contributed by atoms with van der Waals surface area (Å²) in [6.07, 6.45) is 0. The van der Waals surface area contributed by atoms with E-state index in [0.717, 1.165) is 16.9 Å². The molecule has 0 bridgehead atoms. The second-order valence-electron chi connectivity index (χ2n) is 4.63. The van der Waals surface area contributed by atoms with E-state index in [2.05, 4.69) is 15.0 Å². The number of hydrogen-bond acceptors (Lipinski definition) is 5. The molecule has 0 unspecified atom stereocenters. The molecule has 0 saturated heterocycles. The lowest BCUT2D eigenvalue weighted by atomic mass is 10.1. The van der Waals surface area contributed by atoms with Crippen LogP contribution in [0.2, 0.25) is 0 Å². The number of H-pyrrole nitrogens is 1. The van der Waals surface area contributed by atoms with Gasteiger partial charge in [-0.25, -0.2) is 13.1 Å². The maximum atomic E-state index is 12.4. The van der Waals surface area contributed by atoms with Gasteiger partial charge in [0.15, 0.2) is 0 Å². The molecule has 2 rings (SSSR count). The summed E-state index contributed by atoms with van der Waals surface area (Å²) < 4.78 is 27.2. The molecule has 0 aliphatic carbocycles. The second kappa shape index (κ2) is 6.52. The van der Waals surface area contributed by atoms with Gasteiger partial charge < -0.3 is 10.3 Å². The smallest absolute Gasteiger partial charge is 0.304 e. The largest absolute Gasteiger partial charge is 0.316 e. The van der Waals surface area contributed by atoms with Crippen molar-refractivity contribution < 1.29 is 8.42 Å². The number of aromatic amines is 1. The number of aryl methyl sites for hydroxylation is 1. The van der Waals surface area contributed by atoms with Gasteiger partial charge in [-0.2, -0.15) is 0 Å². The van der Waals surface area contributed by atoms with Crippen LogP contribution < -0.4 is 14.9 Å². The highest BCUT2D eigenvalue weighted by Gasteiger charge is 2.17. The van der Waals surface area contributed by atoms with Gasteiger partial charge in [0.25, 0.3) is 0 Å². The summed E-state index contributed by atoms with van der Waals surface area (Å²) in [6, 6.07) is 5.33. The third kappa shape index (κ3) is 4.01. The van der Waals surface area contributed by atoms with Crippen LogP contribution in [0.15, 0.2) is 33.3 Å². The zero-order valence-electron chi connectivity index (χ0n) is 11.8. The third-order valence-corrected chi connectivity index (χ3v) is 5.21. The van der Waals surface area contributed by atoms with E-state index in [1.54, 1.807) is 31.5 Å². The molecule has 0 radical (unpaired) electrons. The lowest BCUT2D eigenvalue weighted by Crippen LogP contribution is -2.24. The fourth-order valence-electron chi connectivity index (χ4n) is 1.90. The average molecular weight is 327 g/mol. The minimum absolute atomic E-state index is 0.0662. The summed E-state index contributed by atoms with van der Waals surface area (Å²) in [5.41, 5.74) is 2.13. The molecule has 0 spiro atoms. The van der Waals surface area contributed by atoms with Gasteiger partial charge >= 0.3 is 4.87 Å². The molecule has 6 nitrogen and oxygen atoms in total. The Hall–Kier alpha value is -1.48. The van der Waals surface area contributed by atoms with E-state index in [4.69, 9.17) is 0 Å². The van der Waals surface area contributed by atoms with Crippen molar-refractivity contribution in [3.8, 4) is 0 Å². The summed E-state index contributed by atoms with van der Waals surface area (Å²) in [5.74, 6) is 0. The predicted molar refractivity (Wildman–Crippen MR) is 82.9 cm³/mol. The number of hydrogen-bond donors (Lipinski definition) is 3. The van der Waals surface area contributed by atoms with E-state index in [1.165, 1.54) is 0 Å². The molecule has 2 aromatic rings. The maximum Gasteiger partial charge on any atom is 0.304 e. The Kier molecular flexibility index (Phi) is 4.94. The van der Waals surface area contributed by atoms with Crippen LogP contribution in [0.3, 0.4) is 0 Å². The van der Waals surface area contributed by atoms with Crippen molar-refractivity contribution >= 4 is 21.4 Å². The van der Waals surface area contributed by atoms with Crippen LogP contribution in [0.1, 0.15) is 16.8 Å². The highest BCUT2D eigenvalue weighted by Crippen LogP contribution is 2.17. The molecular weight excluding hydrogens is 310 g/mol. The van der Waals surface area contributed by atoms with Gasteiger partial charge in [0, 0.05) is 17.6 Å². The van der Waals surface area contributed by atoms with Crippen molar-refractivity contribution in [1.29, 1.82) is 0 Å². The molecule has 8 heteroatoms. The summed E-state index contributed by atoms with van der Waals surface area (Å²) in [5, 5.41) is 4.60. The summed E-state index contributed by atoms with van der Waals surface area (Å²) in [4.78, 5) is 13.7. The van der Waals surface area contributed by atoms with Crippen LogP contribution in [0.5, 0.6) is 0 Å². The Morgan fingerprint density at radius 3 is 2.67 bits per heavy atom. The first-order valence-electron chi connectivity index (χ1n) is 6.33. The number of thiazole rings is 1. The van der Waals surface area contributed by atoms with E-state index < -0.39 is 10.0 Å². The fraction of sp³-hybridized carbons (Fsp3) is 0.308. The van der Waals surface area contributed by atoms with Gasteiger partial charge in [-0.3, -0.25) is 4.79 Å². The van der Waals surface area contributed by atoms with Crippen molar-refractivity contribution in [2.45, 2.75) is 24.9 Å². The first kappa shape index (κ1) is 15.9. The minimum Gasteiger partial charge on any atom is -0.316 e. The van der Waals surface area contributed by atoms with Crippen LogP contribution in [0.4, 0.5) is 0 Å². The molecular formula is C13H17N3O3S2. The molecule has 0 fully saturated rings. The predicted octanol–water partition coefficient (Wildman–Crippen LogP) is 0.943. The molecule has 0 aliphatic rings. The van der Waals surface area contributed by atoms with Crippen LogP contribution in [0, 0.1) is 6.92 Å². The zero-order valence-corrected chi connectivity index (χ0v) is 13.4. The average Bonchev–Trinajstić information content (AvgIpc) is 2.85. The molecule has 0 atom stereocenters. The van der Waals surface area contributed by atoms with Gasteiger partial charge in [0.05, 0.1) is 11.4 Å². The summed E-state index contributed by atoms with van der Waals surface area (Å²) >= 11 is 1.01. The maximum absolute atomic E-state index is 12.4. The van der Waals surface area contributed by atoms with Crippen LogP contribution in [0.25, 0.3) is 0 Å². The quantitative estimate of drug-likeness (QED) is 0.736. The van der Waals surface area contributed by atoms with Gasteiger partial charge in [-0.15, -0.1) is 0 Å². The molecule has 0 aliphatic heterocycles. The number of nitrogens with one attached hydrogen (secondary N) is 3. The van der Waals surface area contributed by atoms with Crippen molar-refractivity contribution in [3.05, 3.63) is 50.1 Å². The van der Waals surface area contributed by atoms with Crippen molar-refractivity contribution in [3.63, 3.8) is 0 Å². The molecule has 0 saturated carbocycles. The van der Waals surface area contributed by atoms with Gasteiger partial charge in [0.1, 0.15) is 0 Å². The number of benzene rings is 1. The van der Waals surface area contributed by atoms with E-state index in [9.17, 15) is 13.2 Å². The monoisotopic (exact) mass is 327 g/mol. The molecule has 114 valence electrons. The van der Waals surface area contributed by atoms with E-state index in [0.29, 0.717) is 17.8 Å². The molecule has 1 aromatic carbocycles. The first-order valence-corrected chi connectivity index (χ1v) is 8.69. The zero-order chi connectivity index (χ0) is 15.5. The van der Waals surface area contributed by atoms with E-state index in [1.807, 2.05) is 6.07 Å². The molecule has 0 amide bonds. The Balaban J connectivity index is 2.22. The van der Waals surface area contributed by atoms with Crippen molar-refractivity contribution in [1.82, 2.24) is 15.0 Å². The molecule has 1 heterocycles. The van der Waals surface area contributed by atoms with Gasteiger partial charge in [-0.1, -0.05) is 23.5 Å². The van der Waals surface area contributed by atoms with Crippen LogP contribution in [-0.4, -0.2) is 20.4 Å². The number of aromatic nitrogens is 1. The topological polar surface area (TPSA) is 91.1 Å². The Bertz CT molecular complexity index is 778. The SMILES string of the molecule is CNCc1ccc(C)c(S(=O)(=O)NCc2csc(=O)[nH]2)c1. The summed E-state index contributed by atoms with van der Waals surface area (Å²) in [6.45, 7) is 2.42. The third-order valence-electron chi connectivity index (χ3n) is 2.95. The normalized spacial score (nSPS) is 11.7.